The van der Waals surface area contributed by atoms with Crippen molar-refractivity contribution in [1.82, 2.24) is 20.9 Å². The SMILES string of the molecule is CC(N)C(=O)NC(Cc1ccc(O)cc1)C(=O)NC(CCC(=O)O)C(=O)NC(Cc1c[nH]c2ccccc12)C(=O)O. The van der Waals surface area contributed by atoms with Crippen molar-refractivity contribution in [3.8, 4) is 5.75 Å². The van der Waals surface area contributed by atoms with Gasteiger partial charge in [0.1, 0.15) is 23.9 Å². The van der Waals surface area contributed by atoms with E-state index in [1.807, 2.05) is 18.2 Å². The van der Waals surface area contributed by atoms with Crippen LogP contribution in [0.25, 0.3) is 10.9 Å². The Morgan fingerprint density at radius 1 is 0.829 bits per heavy atom. The highest BCUT2D eigenvalue weighted by Crippen LogP contribution is 2.19. The fourth-order valence-electron chi connectivity index (χ4n) is 4.18. The average molecular weight is 568 g/mol. The summed E-state index contributed by atoms with van der Waals surface area (Å²) in [4.78, 5) is 65.2. The number of fused-ring (bicyclic) bond motifs is 1. The van der Waals surface area contributed by atoms with Crippen molar-refractivity contribution < 1.29 is 39.3 Å². The molecule has 1 heterocycles. The van der Waals surface area contributed by atoms with Crippen molar-refractivity contribution in [2.24, 2.45) is 5.73 Å². The predicted molar refractivity (Wildman–Crippen MR) is 148 cm³/mol. The number of carboxylic acid groups (broad SMARTS) is 2. The first-order chi connectivity index (χ1) is 19.4. The first kappa shape index (κ1) is 30.6. The van der Waals surface area contributed by atoms with Crippen LogP contribution in [-0.4, -0.2) is 74.1 Å². The van der Waals surface area contributed by atoms with E-state index in [4.69, 9.17) is 5.73 Å². The number of rotatable bonds is 14. The molecule has 0 aliphatic carbocycles. The predicted octanol–water partition coefficient (Wildman–Crippen LogP) is 0.410. The molecule has 0 bridgehead atoms. The molecule has 4 unspecified atom stereocenters. The number of hydrogen-bond donors (Lipinski definition) is 8. The zero-order valence-corrected chi connectivity index (χ0v) is 22.3. The Morgan fingerprint density at radius 2 is 1.44 bits per heavy atom. The monoisotopic (exact) mass is 567 g/mol. The number of aromatic nitrogens is 1. The normalized spacial score (nSPS) is 13.9. The summed E-state index contributed by atoms with van der Waals surface area (Å²) in [5.41, 5.74) is 7.65. The lowest BCUT2D eigenvalue weighted by atomic mass is 10.0. The third-order valence-corrected chi connectivity index (χ3v) is 6.42. The Kier molecular flexibility index (Phi) is 10.4. The molecule has 218 valence electrons. The van der Waals surface area contributed by atoms with Crippen molar-refractivity contribution in [2.75, 3.05) is 0 Å². The minimum atomic E-state index is -1.42. The van der Waals surface area contributed by atoms with Crippen LogP contribution in [0, 0.1) is 0 Å². The highest BCUT2D eigenvalue weighted by Gasteiger charge is 2.31. The number of aromatic hydroxyl groups is 1. The largest absolute Gasteiger partial charge is 0.508 e. The van der Waals surface area contributed by atoms with E-state index in [-0.39, 0.29) is 25.0 Å². The highest BCUT2D eigenvalue weighted by molar-refractivity contribution is 5.94. The topological polar surface area (TPSA) is 224 Å². The number of carboxylic acids is 2. The molecule has 0 fully saturated rings. The number of nitrogens with two attached hydrogens (primary N) is 1. The minimum absolute atomic E-state index is 0.000365. The summed E-state index contributed by atoms with van der Waals surface area (Å²) in [6, 6.07) is 8.19. The van der Waals surface area contributed by atoms with Crippen LogP contribution in [0.2, 0.25) is 0 Å². The van der Waals surface area contributed by atoms with E-state index in [0.717, 1.165) is 10.9 Å². The molecule has 0 saturated carbocycles. The number of para-hydroxylation sites is 1. The summed E-state index contributed by atoms with van der Waals surface area (Å²) in [5, 5.41) is 36.7. The number of phenols is 1. The van der Waals surface area contributed by atoms with Crippen LogP contribution < -0.4 is 21.7 Å². The molecule has 4 atom stereocenters. The van der Waals surface area contributed by atoms with Gasteiger partial charge in [-0.25, -0.2) is 4.79 Å². The van der Waals surface area contributed by atoms with E-state index in [9.17, 15) is 39.3 Å². The van der Waals surface area contributed by atoms with Gasteiger partial charge in [-0.1, -0.05) is 30.3 Å². The Morgan fingerprint density at radius 3 is 2.07 bits per heavy atom. The summed E-state index contributed by atoms with van der Waals surface area (Å²) in [6.45, 7) is 1.42. The molecule has 0 saturated heterocycles. The van der Waals surface area contributed by atoms with Crippen LogP contribution in [0.15, 0.2) is 54.7 Å². The maximum Gasteiger partial charge on any atom is 0.326 e. The van der Waals surface area contributed by atoms with Crippen molar-refractivity contribution in [1.29, 1.82) is 0 Å². The van der Waals surface area contributed by atoms with Gasteiger partial charge in [0.2, 0.25) is 17.7 Å². The fraction of sp³-hybridized carbons (Fsp3) is 0.321. The molecule has 3 rings (SSSR count). The summed E-state index contributed by atoms with van der Waals surface area (Å²) in [7, 11) is 0. The standard InChI is InChI=1S/C28H33N5O8/c1-15(29)25(37)32-22(12-16-6-8-18(34)9-7-16)27(39)31-21(10-11-24(35)36)26(38)33-23(28(40)41)13-17-14-30-20-5-3-2-4-19(17)20/h2-9,14-15,21-23,30,34H,10-13,29H2,1H3,(H,31,39)(H,32,37)(H,33,38)(H,35,36)(H,40,41). The maximum absolute atomic E-state index is 13.3. The van der Waals surface area contributed by atoms with Crippen molar-refractivity contribution >= 4 is 40.6 Å². The number of phenolic OH excluding ortho intramolecular Hbond substituents is 1. The van der Waals surface area contributed by atoms with Gasteiger partial charge in [-0.3, -0.25) is 19.2 Å². The second-order valence-corrected chi connectivity index (χ2v) is 9.68. The lowest BCUT2D eigenvalue weighted by molar-refractivity contribution is -0.143. The van der Waals surface area contributed by atoms with E-state index in [0.29, 0.717) is 11.1 Å². The van der Waals surface area contributed by atoms with Crippen molar-refractivity contribution in [2.45, 2.75) is 56.8 Å². The maximum atomic E-state index is 13.3. The molecular weight excluding hydrogens is 534 g/mol. The van der Waals surface area contributed by atoms with E-state index >= 15 is 0 Å². The van der Waals surface area contributed by atoms with Crippen LogP contribution in [0.5, 0.6) is 5.75 Å². The number of aromatic amines is 1. The molecule has 9 N–H and O–H groups in total. The number of nitrogens with one attached hydrogen (secondary N) is 4. The zero-order valence-electron chi connectivity index (χ0n) is 22.3. The fourth-order valence-corrected chi connectivity index (χ4v) is 4.18. The molecule has 0 aliphatic heterocycles. The molecule has 41 heavy (non-hydrogen) atoms. The number of benzene rings is 2. The van der Waals surface area contributed by atoms with Gasteiger partial charge in [0.05, 0.1) is 6.04 Å². The minimum Gasteiger partial charge on any atom is -0.508 e. The molecule has 1 aromatic heterocycles. The number of amides is 3. The second-order valence-electron chi connectivity index (χ2n) is 9.68. The number of hydrogen-bond acceptors (Lipinski definition) is 7. The van der Waals surface area contributed by atoms with Gasteiger partial charge in [0.25, 0.3) is 0 Å². The van der Waals surface area contributed by atoms with Crippen LogP contribution >= 0.6 is 0 Å². The average Bonchev–Trinajstić information content (AvgIpc) is 3.33. The van der Waals surface area contributed by atoms with Crippen LogP contribution in [-0.2, 0) is 36.8 Å². The van der Waals surface area contributed by atoms with Crippen molar-refractivity contribution in [3.05, 3.63) is 65.9 Å². The molecule has 13 heteroatoms. The van der Waals surface area contributed by atoms with Gasteiger partial charge in [0.15, 0.2) is 0 Å². The molecule has 3 amide bonds. The number of H-pyrrole nitrogens is 1. The van der Waals surface area contributed by atoms with Crippen molar-refractivity contribution in [3.63, 3.8) is 0 Å². The Balaban J connectivity index is 1.79. The van der Waals surface area contributed by atoms with Gasteiger partial charge in [-0.2, -0.15) is 0 Å². The van der Waals surface area contributed by atoms with E-state index < -0.39 is 60.2 Å². The van der Waals surface area contributed by atoms with Crippen LogP contribution in [0.1, 0.15) is 30.9 Å². The van der Waals surface area contributed by atoms with E-state index in [1.54, 1.807) is 24.4 Å². The quantitative estimate of drug-likeness (QED) is 0.135. The Hall–Kier alpha value is -4.91. The molecule has 0 radical (unpaired) electrons. The van der Waals surface area contributed by atoms with Crippen LogP contribution in [0.4, 0.5) is 0 Å². The molecule has 0 aliphatic rings. The first-order valence-electron chi connectivity index (χ1n) is 12.9. The van der Waals surface area contributed by atoms with Gasteiger partial charge in [-0.15, -0.1) is 0 Å². The lowest BCUT2D eigenvalue weighted by Crippen LogP contribution is -2.57. The second kappa shape index (κ2) is 13.9. The summed E-state index contributed by atoms with van der Waals surface area (Å²) in [6.07, 6.45) is 0.715. The third-order valence-electron chi connectivity index (χ3n) is 6.42. The summed E-state index contributed by atoms with van der Waals surface area (Å²) in [5.74, 6) is -4.88. The molecule has 2 aromatic carbocycles. The number of aliphatic carboxylic acids is 2. The van der Waals surface area contributed by atoms with Gasteiger partial charge in [0, 0.05) is 36.4 Å². The number of carbonyl (C=O) groups is 5. The highest BCUT2D eigenvalue weighted by atomic mass is 16.4. The Labute approximate surface area is 235 Å². The molecule has 0 spiro atoms. The smallest absolute Gasteiger partial charge is 0.326 e. The third kappa shape index (κ3) is 8.80. The van der Waals surface area contributed by atoms with Crippen LogP contribution in [0.3, 0.4) is 0 Å². The first-order valence-corrected chi connectivity index (χ1v) is 12.9. The van der Waals surface area contributed by atoms with Gasteiger partial charge in [-0.05, 0) is 42.7 Å². The molecule has 3 aromatic rings. The van der Waals surface area contributed by atoms with E-state index in [1.165, 1.54) is 19.1 Å². The molecule has 13 nitrogen and oxygen atoms in total. The summed E-state index contributed by atoms with van der Waals surface area (Å²) >= 11 is 0. The number of carbonyl (C=O) groups excluding carboxylic acids is 3. The molecular formula is C28H33N5O8. The summed E-state index contributed by atoms with van der Waals surface area (Å²) < 4.78 is 0. The van der Waals surface area contributed by atoms with Gasteiger partial charge >= 0.3 is 11.9 Å². The zero-order chi connectivity index (χ0) is 30.1. The Bertz CT molecular complexity index is 1400. The van der Waals surface area contributed by atoms with Gasteiger partial charge < -0.3 is 42.0 Å². The lowest BCUT2D eigenvalue weighted by Gasteiger charge is -2.25. The van der Waals surface area contributed by atoms with E-state index in [2.05, 4.69) is 20.9 Å².